The molecule has 0 unspecified atom stereocenters. The van der Waals surface area contributed by atoms with Crippen molar-refractivity contribution in [2.75, 3.05) is 18.9 Å². The second-order valence-electron chi connectivity index (χ2n) is 20.7. The number of carbonyl (C=O) groups is 1. The second-order valence-corrected chi connectivity index (χ2v) is 22.3. The van der Waals surface area contributed by atoms with Gasteiger partial charge in [-0.1, -0.05) is 0 Å². The third kappa shape index (κ3) is 8.38. The Morgan fingerprint density at radius 1 is 0.687 bits per heavy atom. The van der Waals surface area contributed by atoms with Gasteiger partial charge in [0.1, 0.15) is 39.5 Å². The third-order valence-corrected chi connectivity index (χ3v) is 15.7. The molecule has 10 fully saturated rings. The van der Waals surface area contributed by atoms with Gasteiger partial charge in [-0.3, -0.25) is 9.20 Å². The van der Waals surface area contributed by atoms with Crippen LogP contribution in [0.25, 0.3) is 11.3 Å². The first-order chi connectivity index (χ1) is 32.3. The van der Waals surface area contributed by atoms with Crippen molar-refractivity contribution in [3.8, 4) is 17.6 Å². The summed E-state index contributed by atoms with van der Waals surface area (Å²) < 4.78 is 40.6. The average molecular weight is 1040 g/mol. The molecule has 10 aliphatic rings. The van der Waals surface area contributed by atoms with Crippen molar-refractivity contribution in [3.05, 3.63) is 75.1 Å². The van der Waals surface area contributed by atoms with E-state index in [0.717, 1.165) is 111 Å². The number of oxazole rings is 1. The van der Waals surface area contributed by atoms with E-state index in [-0.39, 0.29) is 46.4 Å². The molecule has 6 aliphatic carbocycles. The van der Waals surface area contributed by atoms with E-state index in [2.05, 4.69) is 78.0 Å². The summed E-state index contributed by atoms with van der Waals surface area (Å²) in [6, 6.07) is 0. The Morgan fingerprint density at radius 3 is 1.72 bits per heavy atom. The van der Waals surface area contributed by atoms with Crippen LogP contribution < -0.4 is 19.9 Å². The number of anilines is 1. The Hall–Kier alpha value is -4.72. The van der Waals surface area contributed by atoms with Crippen molar-refractivity contribution >= 4 is 54.8 Å². The van der Waals surface area contributed by atoms with E-state index in [1.54, 1.807) is 6.20 Å². The highest BCUT2D eigenvalue weighted by Crippen LogP contribution is 2.59. The molecule has 2 N–H and O–H groups in total. The molecule has 16 rings (SSSR count). The highest BCUT2D eigenvalue weighted by Gasteiger charge is 2.62. The quantitative estimate of drug-likeness (QED) is 0.114. The number of rotatable bonds is 12. The first kappa shape index (κ1) is 43.6. The van der Waals surface area contributed by atoms with Gasteiger partial charge in [0.05, 0.1) is 54.1 Å². The van der Waals surface area contributed by atoms with Gasteiger partial charge in [0.2, 0.25) is 11.3 Å². The van der Waals surface area contributed by atoms with E-state index in [4.69, 9.17) is 48.8 Å². The molecular formula is C48H54Br2N10O7. The molecule has 17 nitrogen and oxygen atoms in total. The molecule has 0 radical (unpaired) electrons. The number of nitrogens with two attached hydrogens (primary N) is 1. The number of hydrogen-bond donors (Lipinski definition) is 1. The third-order valence-electron chi connectivity index (χ3n) is 15.0. The average Bonchev–Trinajstić information content (AvgIpc) is 3.88. The Morgan fingerprint density at radius 2 is 1.21 bits per heavy atom. The van der Waals surface area contributed by atoms with Gasteiger partial charge in [-0.15, -0.1) is 0 Å². The lowest BCUT2D eigenvalue weighted by Gasteiger charge is -2.41. The van der Waals surface area contributed by atoms with Gasteiger partial charge in [0, 0.05) is 41.5 Å². The number of ether oxygens (including phenoxy) is 5. The summed E-state index contributed by atoms with van der Waals surface area (Å²) in [6.07, 6.45) is 28.4. The van der Waals surface area contributed by atoms with Crippen molar-refractivity contribution < 1.29 is 32.9 Å². The number of nitrogens with zero attached hydrogens (tertiary/aromatic N) is 9. The van der Waals surface area contributed by atoms with Crippen LogP contribution in [-0.4, -0.2) is 92.2 Å². The van der Waals surface area contributed by atoms with Crippen molar-refractivity contribution in [2.45, 2.75) is 163 Å². The lowest BCUT2D eigenvalue weighted by molar-refractivity contribution is 0.0151. The number of halogens is 2. The maximum atomic E-state index is 12.9. The predicted octanol–water partition coefficient (Wildman–Crippen LogP) is 8.77. The van der Waals surface area contributed by atoms with Gasteiger partial charge >= 0.3 is 0 Å². The van der Waals surface area contributed by atoms with Crippen molar-refractivity contribution in [2.24, 2.45) is 0 Å². The molecule has 0 spiro atoms. The fourth-order valence-electron chi connectivity index (χ4n) is 10.6. The van der Waals surface area contributed by atoms with Crippen LogP contribution >= 0.6 is 31.9 Å². The molecule has 0 aromatic carbocycles. The van der Waals surface area contributed by atoms with Crippen molar-refractivity contribution in [1.82, 2.24) is 43.7 Å². The summed E-state index contributed by atoms with van der Waals surface area (Å²) >= 11 is 6.69. The van der Waals surface area contributed by atoms with Crippen LogP contribution in [0.1, 0.15) is 150 Å². The zero-order chi connectivity index (χ0) is 45.7. The smallest absolute Gasteiger partial charge is 0.259 e. The number of fused-ring (bicyclic) bond motifs is 4. The fourth-order valence-corrected chi connectivity index (χ4v) is 11.2. The summed E-state index contributed by atoms with van der Waals surface area (Å²) in [5.41, 5.74) is 10.4. The van der Waals surface area contributed by atoms with Crippen LogP contribution in [0.4, 0.5) is 5.82 Å². The minimum atomic E-state index is -0.0972. The molecule has 6 saturated carbocycles. The summed E-state index contributed by atoms with van der Waals surface area (Å²) in [4.78, 5) is 44.3. The lowest BCUT2D eigenvalue weighted by atomic mass is 9.62. The molecular weight excluding hydrogens is 988 g/mol. The Balaban J connectivity index is 0.000000115. The summed E-state index contributed by atoms with van der Waals surface area (Å²) in [5.74, 6) is 2.92. The lowest BCUT2D eigenvalue weighted by Crippen LogP contribution is -2.45. The number of aromatic nitrogens is 9. The van der Waals surface area contributed by atoms with E-state index >= 15 is 0 Å². The summed E-state index contributed by atoms with van der Waals surface area (Å²) in [7, 11) is 0. The number of Topliss-reactive ketones (excluding diaryl/α,β-unsaturated/α-hetero) is 1. The Labute approximate surface area is 404 Å². The molecule has 6 aromatic heterocycles. The van der Waals surface area contributed by atoms with Gasteiger partial charge in [0.15, 0.2) is 17.5 Å². The van der Waals surface area contributed by atoms with Gasteiger partial charge in [-0.05, 0) is 142 Å². The van der Waals surface area contributed by atoms with Crippen molar-refractivity contribution in [3.63, 3.8) is 0 Å². The van der Waals surface area contributed by atoms with Gasteiger partial charge in [-0.2, -0.15) is 0 Å². The molecule has 6 aromatic rings. The van der Waals surface area contributed by atoms with Gasteiger partial charge in [0.25, 0.3) is 17.6 Å². The molecule has 4 saturated heterocycles. The van der Waals surface area contributed by atoms with E-state index in [1.807, 2.05) is 21.2 Å². The maximum Gasteiger partial charge on any atom is 0.259 e. The zero-order valence-electron chi connectivity index (χ0n) is 37.7. The number of imidazole rings is 2. The monoisotopic (exact) mass is 1040 g/mol. The second kappa shape index (κ2) is 16.5. The highest BCUT2D eigenvalue weighted by atomic mass is 79.9. The van der Waals surface area contributed by atoms with Gasteiger partial charge in [-0.25, -0.2) is 34.9 Å². The summed E-state index contributed by atoms with van der Waals surface area (Å²) in [6.45, 7) is 5.85. The maximum absolute atomic E-state index is 12.9. The molecule has 4 aliphatic heterocycles. The first-order valence-corrected chi connectivity index (χ1v) is 25.4. The number of ketones is 1. The molecule has 0 atom stereocenters. The molecule has 0 amide bonds. The Kier molecular flexibility index (Phi) is 10.7. The van der Waals surface area contributed by atoms with Crippen molar-refractivity contribution in [1.29, 1.82) is 0 Å². The minimum Gasteiger partial charge on any atom is -0.472 e. The molecule has 4 bridgehead atoms. The molecule has 10 heterocycles. The largest absolute Gasteiger partial charge is 0.472 e. The molecule has 67 heavy (non-hydrogen) atoms. The van der Waals surface area contributed by atoms with E-state index < -0.39 is 0 Å². The van der Waals surface area contributed by atoms with E-state index in [0.29, 0.717) is 64.0 Å². The standard InChI is InChI=1S/C24H26N4O4.C16H18BrN3O2.C8H10BrN3O/c1-23-11-24(12-23,13-31-23)19-9-28-8-15(25-22(20(28)27-19)32-16-3-2-4-16)7-18(29)17-10-30-21(26-17)14-5-6-14;1-15-7-16(8-15,9-21-15)11-5-20-6-12(17)19-14(13(20)18-11)22-10-3-2-4-10;9-6-4-11-7(10)8(12-6)13-5-2-1-3-5/h8-10,14,16H,2-7,11-13H2,1H3;5-6,10H,2-4,7-9H2,1H3;4-5H,1-3H2,(H2,10,11). The number of hydrogen-bond acceptors (Lipinski definition) is 15. The molecule has 352 valence electrons. The van der Waals surface area contributed by atoms with Crippen LogP contribution in [0.5, 0.6) is 17.6 Å². The zero-order valence-corrected chi connectivity index (χ0v) is 40.9. The predicted molar refractivity (Wildman–Crippen MR) is 250 cm³/mol. The van der Waals surface area contributed by atoms with Crippen LogP contribution in [0.3, 0.4) is 0 Å². The first-order valence-electron chi connectivity index (χ1n) is 23.8. The number of carbonyl (C=O) groups excluding carboxylic acids is 1. The van der Waals surface area contributed by atoms with E-state index in [9.17, 15) is 4.79 Å². The SMILES string of the molecule is CC12CC(c3cn4cc(Br)nc(OC5CCC5)c4n3)(CO1)C2.CC12CC(c3cn4cc(CC(=O)c5coc(C6CC6)n5)nc(OC5CCC5)c4n3)(CO1)C2.Nc1ncc(Br)nc1OC1CCC1. The topological polar surface area (TPSA) is 201 Å². The normalized spacial score (nSPS) is 28.2. The number of nitrogen functional groups attached to an aromatic ring is 1. The summed E-state index contributed by atoms with van der Waals surface area (Å²) in [5, 5.41) is 0. The Bertz CT molecular complexity index is 2870. The van der Waals surface area contributed by atoms with Crippen LogP contribution in [-0.2, 0) is 26.7 Å². The van der Waals surface area contributed by atoms with E-state index in [1.165, 1.54) is 25.5 Å². The van der Waals surface area contributed by atoms with Gasteiger partial charge < -0.3 is 38.2 Å². The molecule has 19 heteroatoms. The van der Waals surface area contributed by atoms with Crippen LogP contribution in [0.15, 0.2) is 50.9 Å². The fraction of sp³-hybridized carbons (Fsp3) is 0.583. The van der Waals surface area contributed by atoms with Crippen LogP contribution in [0.2, 0.25) is 0 Å². The van der Waals surface area contributed by atoms with Crippen LogP contribution in [0, 0.1) is 0 Å². The highest BCUT2D eigenvalue weighted by molar-refractivity contribution is 9.10. The minimum absolute atomic E-state index is 0.00615.